The fourth-order valence-electron chi connectivity index (χ4n) is 9.22. The number of nitrogens with zero attached hydrogens (tertiary/aromatic N) is 2. The molecular formula is C58H38N2O. The fraction of sp³-hybridized carbons (Fsp3) is 0. The number of fused-ring (bicyclic) bond motifs is 8. The normalized spacial score (nSPS) is 11.6. The summed E-state index contributed by atoms with van der Waals surface area (Å²) in [5.41, 5.74) is 15.7. The third kappa shape index (κ3) is 5.98. The molecule has 3 heteroatoms. The van der Waals surface area contributed by atoms with Crippen molar-refractivity contribution in [2.75, 3.05) is 4.90 Å². The van der Waals surface area contributed by atoms with Gasteiger partial charge in [0, 0.05) is 44.3 Å². The Bertz CT molecular complexity index is 3490. The summed E-state index contributed by atoms with van der Waals surface area (Å²) in [5.74, 6) is 0. The first-order valence-electron chi connectivity index (χ1n) is 20.8. The lowest BCUT2D eigenvalue weighted by Gasteiger charge is -2.26. The summed E-state index contributed by atoms with van der Waals surface area (Å²) in [5, 5.41) is 7.19. The largest absolute Gasteiger partial charge is 0.456 e. The fourth-order valence-corrected chi connectivity index (χ4v) is 9.22. The molecule has 286 valence electrons. The van der Waals surface area contributed by atoms with Gasteiger partial charge in [-0.05, 0) is 117 Å². The van der Waals surface area contributed by atoms with Gasteiger partial charge in [-0.1, -0.05) is 158 Å². The highest BCUT2D eigenvalue weighted by Gasteiger charge is 2.18. The zero-order chi connectivity index (χ0) is 40.3. The van der Waals surface area contributed by atoms with Crippen LogP contribution in [0.1, 0.15) is 0 Å². The van der Waals surface area contributed by atoms with E-state index < -0.39 is 0 Å². The molecule has 12 rings (SSSR count). The Balaban J connectivity index is 0.877. The van der Waals surface area contributed by atoms with E-state index in [-0.39, 0.29) is 0 Å². The number of para-hydroxylation sites is 2. The molecule has 0 saturated carbocycles. The number of hydrogen-bond acceptors (Lipinski definition) is 2. The molecule has 0 amide bonds. The van der Waals surface area contributed by atoms with Crippen LogP contribution < -0.4 is 4.90 Å². The highest BCUT2D eigenvalue weighted by Crippen LogP contribution is 2.42. The van der Waals surface area contributed by atoms with Crippen LogP contribution in [0.2, 0.25) is 0 Å². The molecular weight excluding hydrogens is 741 g/mol. The van der Waals surface area contributed by atoms with Crippen molar-refractivity contribution in [1.29, 1.82) is 0 Å². The smallest absolute Gasteiger partial charge is 0.136 e. The highest BCUT2D eigenvalue weighted by molar-refractivity contribution is 6.19. The van der Waals surface area contributed by atoms with E-state index in [1.807, 2.05) is 0 Å². The van der Waals surface area contributed by atoms with Gasteiger partial charge in [-0.15, -0.1) is 0 Å². The lowest BCUT2D eigenvalue weighted by Crippen LogP contribution is -2.09. The van der Waals surface area contributed by atoms with E-state index in [1.165, 1.54) is 66.0 Å². The van der Waals surface area contributed by atoms with Crippen LogP contribution in [0.15, 0.2) is 235 Å². The predicted octanol–water partition coefficient (Wildman–Crippen LogP) is 16.3. The van der Waals surface area contributed by atoms with Crippen molar-refractivity contribution >= 4 is 71.6 Å². The summed E-state index contributed by atoms with van der Waals surface area (Å²) in [6.45, 7) is 0. The molecule has 12 aromatic rings. The first-order valence-corrected chi connectivity index (χ1v) is 20.8. The first kappa shape index (κ1) is 34.9. The molecule has 0 unspecified atom stereocenters. The van der Waals surface area contributed by atoms with Crippen LogP contribution in [0.25, 0.3) is 93.6 Å². The lowest BCUT2D eigenvalue weighted by molar-refractivity contribution is 0.669. The SMILES string of the molecule is c1ccc(-c2ccc(N(c3ccc(-c4ccc(-c5ccc(-n6c7ccccc7c7ccccc76)cc5)cc4)cc3)c3ccc4oc5ccc6ccccc6c5c4c3)cc2)cc1. The summed E-state index contributed by atoms with van der Waals surface area (Å²) in [4.78, 5) is 2.34. The van der Waals surface area contributed by atoms with Gasteiger partial charge in [0.1, 0.15) is 11.2 Å². The minimum Gasteiger partial charge on any atom is -0.456 e. The van der Waals surface area contributed by atoms with Crippen molar-refractivity contribution in [3.05, 3.63) is 231 Å². The van der Waals surface area contributed by atoms with E-state index in [2.05, 4.69) is 240 Å². The zero-order valence-corrected chi connectivity index (χ0v) is 33.2. The quantitative estimate of drug-likeness (QED) is 0.161. The molecule has 2 heterocycles. The Morgan fingerprint density at radius 1 is 0.311 bits per heavy atom. The standard InChI is InChI=1S/C58H38N2O/c1-2-10-39(11-3-1)42-22-29-46(30-23-42)59(49-35-37-56-53(38-49)58-50-13-5-4-12-45(50)28-36-57(58)61-56)47-31-24-43(25-32-47)40-18-20-41(21-19-40)44-26-33-48(34-27-44)60-54-16-8-6-14-51(54)52-15-7-9-17-55(52)60/h1-38H. The summed E-state index contributed by atoms with van der Waals surface area (Å²) < 4.78 is 8.76. The van der Waals surface area contributed by atoms with Gasteiger partial charge in [0.15, 0.2) is 0 Å². The van der Waals surface area contributed by atoms with Gasteiger partial charge in [0.25, 0.3) is 0 Å². The molecule has 0 atom stereocenters. The Morgan fingerprint density at radius 2 is 0.754 bits per heavy atom. The van der Waals surface area contributed by atoms with Gasteiger partial charge in [-0.25, -0.2) is 0 Å². The minimum absolute atomic E-state index is 0.882. The second-order valence-corrected chi connectivity index (χ2v) is 15.7. The van der Waals surface area contributed by atoms with Crippen LogP contribution >= 0.6 is 0 Å². The van der Waals surface area contributed by atoms with Crippen molar-refractivity contribution in [3.63, 3.8) is 0 Å². The number of furan rings is 1. The molecule has 0 radical (unpaired) electrons. The van der Waals surface area contributed by atoms with Crippen molar-refractivity contribution in [2.24, 2.45) is 0 Å². The number of benzene rings is 10. The van der Waals surface area contributed by atoms with E-state index in [9.17, 15) is 0 Å². The molecule has 0 aliphatic carbocycles. The molecule has 10 aromatic carbocycles. The Labute approximate surface area is 353 Å². The third-order valence-electron chi connectivity index (χ3n) is 12.2. The van der Waals surface area contributed by atoms with Gasteiger partial charge in [0.05, 0.1) is 11.0 Å². The van der Waals surface area contributed by atoms with E-state index in [0.717, 1.165) is 44.7 Å². The maximum absolute atomic E-state index is 6.40. The van der Waals surface area contributed by atoms with Crippen LogP contribution in [0.5, 0.6) is 0 Å². The molecule has 0 N–H and O–H groups in total. The summed E-state index contributed by atoms with van der Waals surface area (Å²) in [6, 6.07) is 82.8. The molecule has 0 spiro atoms. The number of anilines is 3. The maximum Gasteiger partial charge on any atom is 0.136 e. The average Bonchev–Trinajstić information content (AvgIpc) is 3.88. The van der Waals surface area contributed by atoms with Gasteiger partial charge in [-0.3, -0.25) is 0 Å². The van der Waals surface area contributed by atoms with Crippen LogP contribution in [0.3, 0.4) is 0 Å². The van der Waals surface area contributed by atoms with E-state index in [1.54, 1.807) is 0 Å². The first-order chi connectivity index (χ1) is 30.2. The van der Waals surface area contributed by atoms with Gasteiger partial charge >= 0.3 is 0 Å². The number of rotatable bonds is 7. The highest BCUT2D eigenvalue weighted by atomic mass is 16.3. The van der Waals surface area contributed by atoms with Crippen LogP contribution in [-0.4, -0.2) is 4.57 Å². The lowest BCUT2D eigenvalue weighted by atomic mass is 9.99. The molecule has 0 bridgehead atoms. The molecule has 3 nitrogen and oxygen atoms in total. The maximum atomic E-state index is 6.40. The van der Waals surface area contributed by atoms with Crippen molar-refractivity contribution in [1.82, 2.24) is 4.57 Å². The monoisotopic (exact) mass is 778 g/mol. The second-order valence-electron chi connectivity index (χ2n) is 15.7. The van der Waals surface area contributed by atoms with E-state index in [0.29, 0.717) is 0 Å². The Kier molecular flexibility index (Phi) is 8.17. The van der Waals surface area contributed by atoms with Crippen LogP contribution in [-0.2, 0) is 0 Å². The average molecular weight is 779 g/mol. The number of hydrogen-bond donors (Lipinski definition) is 0. The Morgan fingerprint density at radius 3 is 1.34 bits per heavy atom. The Hall–Kier alpha value is -8.14. The topological polar surface area (TPSA) is 21.3 Å². The number of aromatic nitrogens is 1. The molecule has 0 aliphatic heterocycles. The van der Waals surface area contributed by atoms with Gasteiger partial charge in [0.2, 0.25) is 0 Å². The molecule has 61 heavy (non-hydrogen) atoms. The predicted molar refractivity (Wildman–Crippen MR) is 257 cm³/mol. The summed E-state index contributed by atoms with van der Waals surface area (Å²) in [7, 11) is 0. The molecule has 0 aliphatic rings. The third-order valence-corrected chi connectivity index (χ3v) is 12.2. The molecule has 0 saturated heterocycles. The van der Waals surface area contributed by atoms with E-state index in [4.69, 9.17) is 4.42 Å². The van der Waals surface area contributed by atoms with Gasteiger partial charge in [-0.2, -0.15) is 0 Å². The van der Waals surface area contributed by atoms with Gasteiger partial charge < -0.3 is 13.9 Å². The van der Waals surface area contributed by atoms with Crippen molar-refractivity contribution in [2.45, 2.75) is 0 Å². The molecule has 2 aromatic heterocycles. The molecule has 0 fully saturated rings. The van der Waals surface area contributed by atoms with E-state index >= 15 is 0 Å². The summed E-state index contributed by atoms with van der Waals surface area (Å²) >= 11 is 0. The van der Waals surface area contributed by atoms with Crippen LogP contribution in [0, 0.1) is 0 Å². The van der Waals surface area contributed by atoms with Crippen molar-refractivity contribution < 1.29 is 4.42 Å². The second kappa shape index (κ2) is 14.3. The summed E-state index contributed by atoms with van der Waals surface area (Å²) in [6.07, 6.45) is 0. The zero-order valence-electron chi connectivity index (χ0n) is 33.2. The van der Waals surface area contributed by atoms with Crippen molar-refractivity contribution in [3.8, 4) is 39.1 Å². The van der Waals surface area contributed by atoms with Crippen LogP contribution in [0.4, 0.5) is 17.1 Å². The minimum atomic E-state index is 0.882.